The van der Waals surface area contributed by atoms with Gasteiger partial charge in [0, 0.05) is 45.3 Å². The van der Waals surface area contributed by atoms with E-state index in [0.717, 1.165) is 11.3 Å². The molecule has 0 bridgehead atoms. The molecule has 0 spiro atoms. The average Bonchev–Trinajstić information content (AvgIpc) is 2.98. The van der Waals surface area contributed by atoms with Crippen LogP contribution in [0, 0.1) is 12.8 Å². The zero-order chi connectivity index (χ0) is 17.0. The van der Waals surface area contributed by atoms with E-state index in [4.69, 9.17) is 0 Å². The number of sulfonamides is 1. The van der Waals surface area contributed by atoms with Gasteiger partial charge in [0.25, 0.3) is 0 Å². The van der Waals surface area contributed by atoms with E-state index in [1.165, 1.54) is 0 Å². The number of anilines is 1. The van der Waals surface area contributed by atoms with Gasteiger partial charge in [-0.1, -0.05) is 13.0 Å². The average molecular weight is 336 g/mol. The van der Waals surface area contributed by atoms with E-state index in [1.54, 1.807) is 23.0 Å². The van der Waals surface area contributed by atoms with E-state index in [-0.39, 0.29) is 10.8 Å². The molecule has 126 valence electrons. The Morgan fingerprint density at radius 2 is 2.09 bits per heavy atom. The number of rotatable bonds is 7. The van der Waals surface area contributed by atoms with Gasteiger partial charge in [-0.05, 0) is 36.6 Å². The maximum absolute atomic E-state index is 12.5. The molecule has 23 heavy (non-hydrogen) atoms. The van der Waals surface area contributed by atoms with Crippen molar-refractivity contribution in [2.75, 3.05) is 25.5 Å². The molecule has 1 atom stereocenters. The van der Waals surface area contributed by atoms with Crippen LogP contribution in [0.4, 0.5) is 5.69 Å². The molecule has 2 rings (SSSR count). The minimum absolute atomic E-state index is 0.142. The van der Waals surface area contributed by atoms with Crippen molar-refractivity contribution in [1.29, 1.82) is 0 Å². The molecule has 1 aromatic heterocycles. The third kappa shape index (κ3) is 4.56. The summed E-state index contributed by atoms with van der Waals surface area (Å²) in [6.45, 7) is 5.00. The van der Waals surface area contributed by atoms with Crippen molar-refractivity contribution < 1.29 is 8.42 Å². The quantitative estimate of drug-likeness (QED) is 0.838. The summed E-state index contributed by atoms with van der Waals surface area (Å²) in [4.78, 5) is 2.20. The van der Waals surface area contributed by atoms with Crippen molar-refractivity contribution in [2.24, 2.45) is 5.92 Å². The molecule has 6 nitrogen and oxygen atoms in total. The first-order valence-corrected chi connectivity index (χ1v) is 9.03. The lowest BCUT2D eigenvalue weighted by Gasteiger charge is -2.18. The number of hydrogen-bond acceptors (Lipinski definition) is 4. The molecule has 0 amide bonds. The monoisotopic (exact) mass is 336 g/mol. The van der Waals surface area contributed by atoms with Gasteiger partial charge in [-0.3, -0.25) is 4.68 Å². The molecule has 0 aliphatic carbocycles. The van der Waals surface area contributed by atoms with Gasteiger partial charge in [0.2, 0.25) is 10.0 Å². The van der Waals surface area contributed by atoms with Gasteiger partial charge in [0.1, 0.15) is 0 Å². The Hall–Kier alpha value is -1.86. The molecule has 0 saturated heterocycles. The Morgan fingerprint density at radius 1 is 1.35 bits per heavy atom. The van der Waals surface area contributed by atoms with Crippen molar-refractivity contribution >= 4 is 15.7 Å². The molecule has 1 aromatic carbocycles. The van der Waals surface area contributed by atoms with Crippen molar-refractivity contribution in [2.45, 2.75) is 25.3 Å². The summed E-state index contributed by atoms with van der Waals surface area (Å²) in [7, 11) is 0.289. The van der Waals surface area contributed by atoms with Gasteiger partial charge in [0.15, 0.2) is 0 Å². The fourth-order valence-corrected chi connectivity index (χ4v) is 3.55. The van der Waals surface area contributed by atoms with Crippen LogP contribution in [0.5, 0.6) is 0 Å². The number of aryl methyl sites for hydroxylation is 1. The van der Waals surface area contributed by atoms with E-state index < -0.39 is 10.0 Å². The summed E-state index contributed by atoms with van der Waals surface area (Å²) in [5.74, 6) is 0.142. The Labute approximate surface area is 138 Å². The Bertz CT molecular complexity index is 739. The van der Waals surface area contributed by atoms with E-state index >= 15 is 0 Å². The normalized spacial score (nSPS) is 13.0. The molecule has 0 unspecified atom stereocenters. The first-order valence-electron chi connectivity index (χ1n) is 7.54. The molecular weight excluding hydrogens is 312 g/mol. The molecule has 0 radical (unpaired) electrons. The molecule has 2 aromatic rings. The van der Waals surface area contributed by atoms with Crippen LogP contribution in [0.2, 0.25) is 0 Å². The second kappa shape index (κ2) is 7.14. The summed E-state index contributed by atoms with van der Waals surface area (Å²) in [6.07, 6.45) is 3.58. The van der Waals surface area contributed by atoms with E-state index in [2.05, 4.69) is 9.82 Å². The lowest BCUT2D eigenvalue weighted by Crippen LogP contribution is -2.30. The largest absolute Gasteiger partial charge is 0.377 e. The zero-order valence-electron chi connectivity index (χ0n) is 14.0. The lowest BCUT2D eigenvalue weighted by atomic mass is 10.2. The third-order valence-electron chi connectivity index (χ3n) is 3.65. The molecule has 1 N–H and O–H groups in total. The Kier molecular flexibility index (Phi) is 5.43. The summed E-state index contributed by atoms with van der Waals surface area (Å²) < 4.78 is 29.4. The first-order chi connectivity index (χ1) is 10.8. The minimum atomic E-state index is -3.51. The van der Waals surface area contributed by atoms with Crippen LogP contribution in [0.15, 0.2) is 41.6 Å². The molecule has 0 fully saturated rings. The van der Waals surface area contributed by atoms with Crippen LogP contribution in [0.3, 0.4) is 0 Å². The second-order valence-corrected chi connectivity index (χ2v) is 7.79. The fraction of sp³-hybridized carbons (Fsp3) is 0.438. The maximum atomic E-state index is 12.5. The number of aromatic nitrogens is 2. The van der Waals surface area contributed by atoms with Gasteiger partial charge in [-0.2, -0.15) is 5.10 Å². The summed E-state index contributed by atoms with van der Waals surface area (Å²) >= 11 is 0. The number of nitrogens with one attached hydrogen (secondary N) is 1. The first kappa shape index (κ1) is 17.5. The Morgan fingerprint density at radius 3 is 2.70 bits per heavy atom. The molecule has 1 heterocycles. The van der Waals surface area contributed by atoms with Gasteiger partial charge < -0.3 is 4.90 Å². The standard InChI is InChI=1S/C16H24N4O2S/c1-13(12-20-9-5-8-17-20)11-18-23(21,22)15-7-6-14(2)16(10-15)19(3)4/h5-10,13,18H,11-12H2,1-4H3/t13-/m1/s1. The highest BCUT2D eigenvalue weighted by Crippen LogP contribution is 2.22. The molecular formula is C16H24N4O2S. The van der Waals surface area contributed by atoms with Crippen LogP contribution < -0.4 is 9.62 Å². The minimum Gasteiger partial charge on any atom is -0.377 e. The van der Waals surface area contributed by atoms with Crippen molar-refractivity contribution in [1.82, 2.24) is 14.5 Å². The number of hydrogen-bond donors (Lipinski definition) is 1. The summed E-state index contributed by atoms with van der Waals surface area (Å²) in [5, 5.41) is 4.13. The lowest BCUT2D eigenvalue weighted by molar-refractivity contribution is 0.443. The van der Waals surface area contributed by atoms with Gasteiger partial charge in [-0.15, -0.1) is 0 Å². The van der Waals surface area contributed by atoms with Crippen LogP contribution >= 0.6 is 0 Å². The van der Waals surface area contributed by atoms with Gasteiger partial charge >= 0.3 is 0 Å². The molecule has 0 aliphatic rings. The molecule has 7 heteroatoms. The van der Waals surface area contributed by atoms with E-state index in [9.17, 15) is 8.42 Å². The summed E-state index contributed by atoms with van der Waals surface area (Å²) in [6, 6.07) is 7.03. The second-order valence-electron chi connectivity index (χ2n) is 6.03. The van der Waals surface area contributed by atoms with Crippen molar-refractivity contribution in [3.05, 3.63) is 42.2 Å². The highest BCUT2D eigenvalue weighted by Gasteiger charge is 2.17. The highest BCUT2D eigenvalue weighted by atomic mass is 32.2. The van der Waals surface area contributed by atoms with Crippen molar-refractivity contribution in [3.8, 4) is 0 Å². The smallest absolute Gasteiger partial charge is 0.240 e. The maximum Gasteiger partial charge on any atom is 0.240 e. The summed E-state index contributed by atoms with van der Waals surface area (Å²) in [5.41, 5.74) is 1.94. The van der Waals surface area contributed by atoms with E-state index in [1.807, 2.05) is 51.2 Å². The van der Waals surface area contributed by atoms with Crippen LogP contribution in [0.25, 0.3) is 0 Å². The van der Waals surface area contributed by atoms with E-state index in [0.29, 0.717) is 13.1 Å². The van der Waals surface area contributed by atoms with Crippen molar-refractivity contribution in [3.63, 3.8) is 0 Å². The third-order valence-corrected chi connectivity index (χ3v) is 5.07. The fourth-order valence-electron chi connectivity index (χ4n) is 2.37. The van der Waals surface area contributed by atoms with Gasteiger partial charge in [0.05, 0.1) is 4.90 Å². The topological polar surface area (TPSA) is 67.2 Å². The van der Waals surface area contributed by atoms with Crippen LogP contribution in [0.1, 0.15) is 12.5 Å². The van der Waals surface area contributed by atoms with Crippen LogP contribution in [-0.4, -0.2) is 38.8 Å². The predicted molar refractivity (Wildman–Crippen MR) is 92.1 cm³/mol. The molecule has 0 aliphatic heterocycles. The Balaban J connectivity index is 2.05. The predicted octanol–water partition coefficient (Wildman–Crippen LogP) is 1.87. The van der Waals surface area contributed by atoms with Gasteiger partial charge in [-0.25, -0.2) is 13.1 Å². The number of nitrogens with zero attached hydrogens (tertiary/aromatic N) is 3. The number of benzene rings is 1. The molecule has 0 saturated carbocycles. The van der Waals surface area contributed by atoms with Crippen LogP contribution in [-0.2, 0) is 16.6 Å². The zero-order valence-corrected chi connectivity index (χ0v) is 14.8. The highest BCUT2D eigenvalue weighted by molar-refractivity contribution is 7.89. The SMILES string of the molecule is Cc1ccc(S(=O)(=O)NC[C@@H](C)Cn2cccn2)cc1N(C)C.